The zero-order valence-electron chi connectivity index (χ0n) is 11.2. The molecule has 1 fully saturated rings. The molecule has 4 N–H and O–H groups in total. The molecule has 0 bridgehead atoms. The van der Waals surface area contributed by atoms with E-state index in [-0.39, 0.29) is 25.3 Å². The van der Waals surface area contributed by atoms with E-state index in [1.165, 1.54) is 0 Å². The Kier molecular flexibility index (Phi) is 6.48. The van der Waals surface area contributed by atoms with Gasteiger partial charge < -0.3 is 20.4 Å². The lowest BCUT2D eigenvalue weighted by molar-refractivity contribution is -0.0658. The summed E-state index contributed by atoms with van der Waals surface area (Å²) in [4.78, 5) is 3.85. The van der Waals surface area contributed by atoms with Crippen molar-refractivity contribution in [1.82, 2.24) is 9.80 Å². The lowest BCUT2D eigenvalue weighted by atomic mass is 9.84. The summed E-state index contributed by atoms with van der Waals surface area (Å²) in [6.45, 7) is 1.13. The maximum atomic E-state index is 10.0. The summed E-state index contributed by atoms with van der Waals surface area (Å²) in [5, 5.41) is 37.9. The van der Waals surface area contributed by atoms with Gasteiger partial charge in [-0.25, -0.2) is 0 Å². The van der Waals surface area contributed by atoms with Gasteiger partial charge in [-0.2, -0.15) is 0 Å². The second kappa shape index (κ2) is 7.37. The minimum atomic E-state index is -0.574. The molecule has 0 amide bonds. The Balaban J connectivity index is 2.65. The molecule has 1 aliphatic rings. The van der Waals surface area contributed by atoms with E-state index < -0.39 is 12.2 Å². The normalized spacial score (nSPS) is 33.3. The molecule has 108 valence electrons. The van der Waals surface area contributed by atoms with Gasteiger partial charge in [-0.05, 0) is 20.5 Å². The van der Waals surface area contributed by atoms with Gasteiger partial charge in [-0.3, -0.25) is 9.80 Å². The van der Waals surface area contributed by atoms with E-state index in [4.69, 9.17) is 10.2 Å². The molecule has 6 nitrogen and oxygen atoms in total. The van der Waals surface area contributed by atoms with Crippen molar-refractivity contribution in [3.8, 4) is 0 Å². The van der Waals surface area contributed by atoms with Crippen LogP contribution in [0.25, 0.3) is 0 Å². The number of hydrogen-bond acceptors (Lipinski definition) is 6. The van der Waals surface area contributed by atoms with Crippen LogP contribution in [0.1, 0.15) is 12.8 Å². The van der Waals surface area contributed by atoms with Crippen LogP contribution in [0.4, 0.5) is 0 Å². The first-order valence-corrected chi connectivity index (χ1v) is 6.49. The van der Waals surface area contributed by atoms with Gasteiger partial charge in [0.15, 0.2) is 0 Å². The van der Waals surface area contributed by atoms with Crippen LogP contribution in [0, 0.1) is 0 Å². The number of rotatable bonds is 6. The molecular formula is C12H26N2O4. The second-order valence-electron chi connectivity index (χ2n) is 5.15. The van der Waals surface area contributed by atoms with Crippen molar-refractivity contribution in [2.75, 3.05) is 40.4 Å². The van der Waals surface area contributed by atoms with Crippen molar-refractivity contribution in [2.45, 2.75) is 37.1 Å². The molecule has 4 atom stereocenters. The SMILES string of the molecule is CN(CCO)C1CC(N(C)CCO)C(O)CC1O. The monoisotopic (exact) mass is 262 g/mol. The minimum Gasteiger partial charge on any atom is -0.395 e. The Labute approximate surface area is 108 Å². The van der Waals surface area contributed by atoms with Crippen molar-refractivity contribution in [1.29, 1.82) is 0 Å². The molecule has 0 aliphatic heterocycles. The Bertz CT molecular complexity index is 212. The van der Waals surface area contributed by atoms with Crippen LogP contribution in [0.2, 0.25) is 0 Å². The first kappa shape index (κ1) is 15.8. The highest BCUT2D eigenvalue weighted by Crippen LogP contribution is 2.26. The summed E-state index contributed by atoms with van der Waals surface area (Å²) in [6.07, 6.45) is -0.179. The molecule has 18 heavy (non-hydrogen) atoms. The molecule has 4 unspecified atom stereocenters. The van der Waals surface area contributed by atoms with Crippen molar-refractivity contribution < 1.29 is 20.4 Å². The van der Waals surface area contributed by atoms with E-state index in [0.717, 1.165) is 0 Å². The van der Waals surface area contributed by atoms with Gasteiger partial charge in [0.1, 0.15) is 0 Å². The standard InChI is InChI=1S/C12H26N2O4/c1-13(3-5-15)9-7-10(14(2)4-6-16)12(18)8-11(9)17/h9-12,15-18H,3-8H2,1-2H3. The topological polar surface area (TPSA) is 87.4 Å². The highest BCUT2D eigenvalue weighted by Gasteiger charge is 2.38. The van der Waals surface area contributed by atoms with Gasteiger partial charge in [0, 0.05) is 31.6 Å². The van der Waals surface area contributed by atoms with Crippen LogP contribution in [-0.2, 0) is 0 Å². The lowest BCUT2D eigenvalue weighted by Crippen LogP contribution is -2.57. The molecule has 1 aliphatic carbocycles. The Morgan fingerprint density at radius 1 is 0.833 bits per heavy atom. The van der Waals surface area contributed by atoms with Gasteiger partial charge in [-0.15, -0.1) is 0 Å². The average molecular weight is 262 g/mol. The van der Waals surface area contributed by atoms with Gasteiger partial charge in [-0.1, -0.05) is 0 Å². The molecule has 0 heterocycles. The quantitative estimate of drug-likeness (QED) is 0.447. The van der Waals surface area contributed by atoms with Gasteiger partial charge in [0.2, 0.25) is 0 Å². The third kappa shape index (κ3) is 3.88. The van der Waals surface area contributed by atoms with Crippen LogP contribution >= 0.6 is 0 Å². The zero-order chi connectivity index (χ0) is 13.7. The Hall–Kier alpha value is -0.240. The maximum absolute atomic E-state index is 10.0. The van der Waals surface area contributed by atoms with Crippen LogP contribution in [-0.4, -0.2) is 94.9 Å². The van der Waals surface area contributed by atoms with E-state index in [1.807, 2.05) is 23.9 Å². The van der Waals surface area contributed by atoms with Crippen LogP contribution in [0.15, 0.2) is 0 Å². The van der Waals surface area contributed by atoms with E-state index >= 15 is 0 Å². The van der Waals surface area contributed by atoms with Crippen LogP contribution < -0.4 is 0 Å². The highest BCUT2D eigenvalue weighted by molar-refractivity contribution is 4.94. The summed E-state index contributed by atoms with van der Waals surface area (Å²) in [6, 6.07) is -0.126. The predicted octanol–water partition coefficient (Wildman–Crippen LogP) is -1.91. The number of aliphatic hydroxyl groups excluding tert-OH is 4. The van der Waals surface area contributed by atoms with Gasteiger partial charge >= 0.3 is 0 Å². The molecule has 6 heteroatoms. The van der Waals surface area contributed by atoms with Crippen molar-refractivity contribution in [3.05, 3.63) is 0 Å². The predicted molar refractivity (Wildman–Crippen MR) is 68.3 cm³/mol. The summed E-state index contributed by atoms with van der Waals surface area (Å²) in [5.74, 6) is 0. The van der Waals surface area contributed by atoms with E-state index in [9.17, 15) is 10.2 Å². The van der Waals surface area contributed by atoms with Gasteiger partial charge in [0.05, 0.1) is 25.4 Å². The number of likely N-dealkylation sites (N-methyl/N-ethyl adjacent to an activating group) is 2. The third-order valence-electron chi connectivity index (χ3n) is 3.89. The fourth-order valence-electron chi connectivity index (χ4n) is 2.72. The van der Waals surface area contributed by atoms with Crippen molar-refractivity contribution in [2.24, 2.45) is 0 Å². The smallest absolute Gasteiger partial charge is 0.0721 e. The Morgan fingerprint density at radius 3 is 1.56 bits per heavy atom. The van der Waals surface area contributed by atoms with E-state index in [2.05, 4.69) is 0 Å². The molecule has 0 radical (unpaired) electrons. The molecule has 1 rings (SSSR count). The first-order chi connectivity index (χ1) is 8.51. The number of hydrogen-bond donors (Lipinski definition) is 4. The van der Waals surface area contributed by atoms with Gasteiger partial charge in [0.25, 0.3) is 0 Å². The minimum absolute atomic E-state index is 0.0550. The summed E-state index contributed by atoms with van der Waals surface area (Å²) in [7, 11) is 3.73. The molecule has 0 spiro atoms. The molecule has 1 saturated carbocycles. The molecule has 0 saturated heterocycles. The fraction of sp³-hybridized carbons (Fsp3) is 1.00. The maximum Gasteiger partial charge on any atom is 0.0721 e. The molecule has 0 aromatic heterocycles. The number of aliphatic hydroxyl groups is 4. The van der Waals surface area contributed by atoms with E-state index in [0.29, 0.717) is 25.9 Å². The van der Waals surface area contributed by atoms with Crippen LogP contribution in [0.3, 0.4) is 0 Å². The first-order valence-electron chi connectivity index (χ1n) is 6.49. The lowest BCUT2D eigenvalue weighted by Gasteiger charge is -2.44. The largest absolute Gasteiger partial charge is 0.395 e. The Morgan fingerprint density at radius 2 is 1.22 bits per heavy atom. The van der Waals surface area contributed by atoms with E-state index in [1.54, 1.807) is 0 Å². The summed E-state index contributed by atoms with van der Waals surface area (Å²) < 4.78 is 0. The highest BCUT2D eigenvalue weighted by atomic mass is 16.3. The molecule has 0 aromatic carbocycles. The number of nitrogens with zero attached hydrogens (tertiary/aromatic N) is 2. The summed E-state index contributed by atoms with van der Waals surface area (Å²) in [5.41, 5.74) is 0. The van der Waals surface area contributed by atoms with Crippen molar-refractivity contribution >= 4 is 0 Å². The van der Waals surface area contributed by atoms with Crippen LogP contribution in [0.5, 0.6) is 0 Å². The summed E-state index contributed by atoms with van der Waals surface area (Å²) >= 11 is 0. The zero-order valence-corrected chi connectivity index (χ0v) is 11.2. The molecule has 0 aromatic rings. The average Bonchev–Trinajstić information content (AvgIpc) is 2.29. The second-order valence-corrected chi connectivity index (χ2v) is 5.15. The fourth-order valence-corrected chi connectivity index (χ4v) is 2.72. The van der Waals surface area contributed by atoms with Crippen molar-refractivity contribution in [3.63, 3.8) is 0 Å². The third-order valence-corrected chi connectivity index (χ3v) is 3.89. The molecular weight excluding hydrogens is 236 g/mol.